The predicted octanol–water partition coefficient (Wildman–Crippen LogP) is 2.53. The van der Waals surface area contributed by atoms with Gasteiger partial charge < -0.3 is 14.3 Å². The van der Waals surface area contributed by atoms with Crippen molar-refractivity contribution >= 4 is 0 Å². The van der Waals surface area contributed by atoms with E-state index in [1.54, 1.807) is 6.26 Å². The number of hydrogen-bond acceptors (Lipinski definition) is 5. The zero-order valence-corrected chi connectivity index (χ0v) is 14.9. The third-order valence-electron chi connectivity index (χ3n) is 5.54. The maximum absolute atomic E-state index is 10.2. The molecule has 0 bridgehead atoms. The van der Waals surface area contributed by atoms with Crippen molar-refractivity contribution in [1.29, 1.82) is 0 Å². The van der Waals surface area contributed by atoms with Gasteiger partial charge in [0.05, 0.1) is 19.0 Å². The summed E-state index contributed by atoms with van der Waals surface area (Å²) in [6.07, 6.45) is 6.81. The molecule has 24 heavy (non-hydrogen) atoms. The summed E-state index contributed by atoms with van der Waals surface area (Å²) in [5.74, 6) is 1.38. The summed E-state index contributed by atoms with van der Waals surface area (Å²) < 4.78 is 11.4. The summed E-state index contributed by atoms with van der Waals surface area (Å²) in [7, 11) is 0. The Kier molecular flexibility index (Phi) is 6.72. The highest BCUT2D eigenvalue weighted by atomic mass is 16.5. The second-order valence-electron chi connectivity index (χ2n) is 7.34. The van der Waals surface area contributed by atoms with Crippen molar-refractivity contribution in [3.8, 4) is 0 Å². The van der Waals surface area contributed by atoms with Crippen LogP contribution in [0.15, 0.2) is 22.8 Å². The normalized spacial score (nSPS) is 28.1. The number of furan rings is 1. The summed E-state index contributed by atoms with van der Waals surface area (Å²) >= 11 is 0. The molecule has 0 unspecified atom stereocenters. The summed E-state index contributed by atoms with van der Waals surface area (Å²) in [5.41, 5.74) is 0. The van der Waals surface area contributed by atoms with Crippen molar-refractivity contribution in [2.45, 2.75) is 44.8 Å². The maximum atomic E-state index is 10.2. The average Bonchev–Trinajstić information content (AvgIpc) is 3.13. The molecular weight excluding hydrogens is 304 g/mol. The average molecular weight is 336 g/mol. The minimum atomic E-state index is -0.525. The first kappa shape index (κ1) is 17.9. The summed E-state index contributed by atoms with van der Waals surface area (Å²) in [5, 5.41) is 10.2. The van der Waals surface area contributed by atoms with Crippen molar-refractivity contribution in [1.82, 2.24) is 9.80 Å². The molecule has 2 heterocycles. The fourth-order valence-corrected chi connectivity index (χ4v) is 3.87. The number of nitrogens with zero attached hydrogens (tertiary/aromatic N) is 2. The van der Waals surface area contributed by atoms with E-state index < -0.39 is 6.10 Å². The lowest BCUT2D eigenvalue weighted by Gasteiger charge is -2.36. The smallest absolute Gasteiger partial charge is 0.133 e. The fraction of sp³-hybridized carbons (Fsp3) is 0.789. The number of aliphatic hydroxyl groups excluding tert-OH is 1. The van der Waals surface area contributed by atoms with E-state index in [2.05, 4.69) is 16.7 Å². The zero-order chi connectivity index (χ0) is 16.8. The van der Waals surface area contributed by atoms with Crippen molar-refractivity contribution in [2.75, 3.05) is 45.9 Å². The highest BCUT2D eigenvalue weighted by molar-refractivity contribution is 5.02. The van der Waals surface area contributed by atoms with Gasteiger partial charge in [0, 0.05) is 39.3 Å². The van der Waals surface area contributed by atoms with Crippen LogP contribution in [-0.2, 0) is 4.74 Å². The van der Waals surface area contributed by atoms with Gasteiger partial charge in [-0.05, 0) is 30.9 Å². The van der Waals surface area contributed by atoms with E-state index in [0.29, 0.717) is 18.4 Å². The van der Waals surface area contributed by atoms with Crippen LogP contribution in [0.1, 0.15) is 44.5 Å². The van der Waals surface area contributed by atoms with E-state index in [1.165, 1.54) is 25.7 Å². The largest absolute Gasteiger partial charge is 0.467 e. The van der Waals surface area contributed by atoms with Gasteiger partial charge in [0.1, 0.15) is 11.9 Å². The molecule has 0 spiro atoms. The molecule has 3 atom stereocenters. The van der Waals surface area contributed by atoms with Gasteiger partial charge in [-0.3, -0.25) is 9.80 Å². The molecule has 2 fully saturated rings. The minimum Gasteiger partial charge on any atom is -0.467 e. The van der Waals surface area contributed by atoms with Gasteiger partial charge in [0.2, 0.25) is 0 Å². The van der Waals surface area contributed by atoms with E-state index in [9.17, 15) is 5.11 Å². The van der Waals surface area contributed by atoms with Crippen LogP contribution in [0.25, 0.3) is 0 Å². The number of aliphatic hydroxyl groups is 1. The van der Waals surface area contributed by atoms with Crippen LogP contribution < -0.4 is 0 Å². The van der Waals surface area contributed by atoms with Crippen molar-refractivity contribution in [3.05, 3.63) is 24.2 Å². The number of hydrogen-bond donors (Lipinski definition) is 1. The Balaban J connectivity index is 1.30. The Morgan fingerprint density at radius 1 is 1.21 bits per heavy atom. The Morgan fingerprint density at radius 2 is 1.96 bits per heavy atom. The van der Waals surface area contributed by atoms with Crippen molar-refractivity contribution < 1.29 is 14.3 Å². The molecule has 1 aliphatic heterocycles. The second kappa shape index (κ2) is 8.99. The standard InChI is InChI=1S/C19H32N2O3/c1-16-5-2-3-6-18(16)24-14-12-20-8-10-21(11-9-20)15-17(22)19-7-4-13-23-19/h4,7,13,16-18,22H,2-3,5-6,8-12,14-15H2,1H3/t16-,17+,18+/m1/s1. The lowest BCUT2D eigenvalue weighted by Crippen LogP contribution is -2.48. The first-order valence-corrected chi connectivity index (χ1v) is 9.50. The van der Waals surface area contributed by atoms with Gasteiger partial charge in [0.15, 0.2) is 0 Å². The number of ether oxygens (including phenoxy) is 1. The number of piperazine rings is 1. The first-order valence-electron chi connectivity index (χ1n) is 9.50. The summed E-state index contributed by atoms with van der Waals surface area (Å²) in [6.45, 7) is 8.95. The first-order chi connectivity index (χ1) is 11.7. The van der Waals surface area contributed by atoms with Crippen LogP contribution in [0.3, 0.4) is 0 Å². The van der Waals surface area contributed by atoms with Gasteiger partial charge in [-0.2, -0.15) is 0 Å². The van der Waals surface area contributed by atoms with Crippen LogP contribution >= 0.6 is 0 Å². The van der Waals surface area contributed by atoms with Crippen LogP contribution in [0.5, 0.6) is 0 Å². The van der Waals surface area contributed by atoms with Gasteiger partial charge >= 0.3 is 0 Å². The summed E-state index contributed by atoms with van der Waals surface area (Å²) in [6, 6.07) is 3.66. The molecule has 0 amide bonds. The maximum Gasteiger partial charge on any atom is 0.133 e. The quantitative estimate of drug-likeness (QED) is 0.829. The van der Waals surface area contributed by atoms with E-state index in [1.807, 2.05) is 12.1 Å². The van der Waals surface area contributed by atoms with E-state index in [-0.39, 0.29) is 0 Å². The number of rotatable bonds is 7. The van der Waals surface area contributed by atoms with Gasteiger partial charge in [-0.25, -0.2) is 0 Å². The molecule has 1 saturated carbocycles. The SMILES string of the molecule is C[C@@H]1CCCC[C@@H]1OCCN1CCN(C[C@H](O)c2ccco2)CC1. The van der Waals surface area contributed by atoms with Gasteiger partial charge in [-0.1, -0.05) is 19.8 Å². The topological polar surface area (TPSA) is 49.1 Å². The zero-order valence-electron chi connectivity index (χ0n) is 14.9. The molecule has 0 aromatic carbocycles. The Hall–Kier alpha value is -0.880. The van der Waals surface area contributed by atoms with Crippen LogP contribution in [0, 0.1) is 5.92 Å². The molecular formula is C19H32N2O3. The third-order valence-corrected chi connectivity index (χ3v) is 5.54. The van der Waals surface area contributed by atoms with E-state index >= 15 is 0 Å². The van der Waals surface area contributed by atoms with Gasteiger partial charge in [0.25, 0.3) is 0 Å². The van der Waals surface area contributed by atoms with E-state index in [0.717, 1.165) is 45.2 Å². The minimum absolute atomic E-state index is 0.475. The molecule has 1 aromatic rings. The highest BCUT2D eigenvalue weighted by Gasteiger charge is 2.23. The van der Waals surface area contributed by atoms with Gasteiger partial charge in [-0.15, -0.1) is 0 Å². The van der Waals surface area contributed by atoms with E-state index in [4.69, 9.17) is 9.15 Å². The number of β-amino-alcohol motifs (C(OH)–C–C–N with tert-alkyl or cyclic N) is 1. The van der Waals surface area contributed by atoms with Crippen LogP contribution in [0.4, 0.5) is 0 Å². The Morgan fingerprint density at radius 3 is 2.67 bits per heavy atom. The van der Waals surface area contributed by atoms with Crippen LogP contribution in [0.2, 0.25) is 0 Å². The molecule has 3 rings (SSSR count). The summed E-state index contributed by atoms with van der Waals surface area (Å²) in [4.78, 5) is 4.79. The molecule has 1 aromatic heterocycles. The molecule has 5 heteroatoms. The molecule has 2 aliphatic rings. The van der Waals surface area contributed by atoms with Crippen molar-refractivity contribution in [3.63, 3.8) is 0 Å². The molecule has 0 radical (unpaired) electrons. The lowest BCUT2D eigenvalue weighted by atomic mass is 9.88. The fourth-order valence-electron chi connectivity index (χ4n) is 3.87. The van der Waals surface area contributed by atoms with Crippen LogP contribution in [-0.4, -0.2) is 66.9 Å². The third kappa shape index (κ3) is 5.06. The lowest BCUT2D eigenvalue weighted by molar-refractivity contribution is -0.0197. The second-order valence-corrected chi connectivity index (χ2v) is 7.34. The van der Waals surface area contributed by atoms with Crippen molar-refractivity contribution in [2.24, 2.45) is 5.92 Å². The predicted molar refractivity (Wildman–Crippen MR) is 93.9 cm³/mol. The molecule has 136 valence electrons. The molecule has 1 aliphatic carbocycles. The highest BCUT2D eigenvalue weighted by Crippen LogP contribution is 2.26. The Labute approximate surface area is 145 Å². The monoisotopic (exact) mass is 336 g/mol. The molecule has 1 saturated heterocycles. The molecule has 5 nitrogen and oxygen atoms in total. The molecule has 1 N–H and O–H groups in total. The Bertz CT molecular complexity index is 457.